The van der Waals surface area contributed by atoms with Crippen molar-refractivity contribution in [3.63, 3.8) is 0 Å². The van der Waals surface area contributed by atoms with Crippen molar-refractivity contribution >= 4 is 5.97 Å². The number of aliphatic carboxylic acids is 1. The first-order valence-electron chi connectivity index (χ1n) is 7.11. The molecule has 1 unspecified atom stereocenters. The van der Waals surface area contributed by atoms with Gasteiger partial charge in [0.2, 0.25) is 0 Å². The van der Waals surface area contributed by atoms with E-state index < -0.39 is 12.0 Å². The zero-order chi connectivity index (χ0) is 14.3. The molecular weight excluding hydrogens is 250 g/mol. The second kappa shape index (κ2) is 13.7. The maximum Gasteiger partial charge on any atom is 0.320 e. The van der Waals surface area contributed by atoms with Gasteiger partial charge >= 0.3 is 5.97 Å². The van der Waals surface area contributed by atoms with E-state index in [-0.39, 0.29) is 13.0 Å². The molecule has 0 aromatic carbocycles. The van der Waals surface area contributed by atoms with Crippen molar-refractivity contribution in [2.24, 2.45) is 0 Å². The molecule has 19 heavy (non-hydrogen) atoms. The third kappa shape index (κ3) is 12.1. The second-order valence-corrected chi connectivity index (χ2v) is 4.65. The Labute approximate surface area is 115 Å². The summed E-state index contributed by atoms with van der Waals surface area (Å²) in [7, 11) is 0. The van der Waals surface area contributed by atoms with Crippen LogP contribution in [0, 0.1) is 0 Å². The Morgan fingerprint density at radius 1 is 1.16 bits per heavy atom. The minimum atomic E-state index is -0.913. The van der Waals surface area contributed by atoms with E-state index in [0.29, 0.717) is 6.54 Å². The second-order valence-electron chi connectivity index (χ2n) is 4.65. The molecule has 0 rings (SSSR count). The van der Waals surface area contributed by atoms with Gasteiger partial charge in [0.1, 0.15) is 6.04 Å². The fourth-order valence-electron chi connectivity index (χ4n) is 1.87. The molecule has 3 N–H and O–H groups in total. The van der Waals surface area contributed by atoms with Crippen molar-refractivity contribution in [3.8, 4) is 0 Å². The molecule has 0 spiro atoms. The van der Waals surface area contributed by atoms with Crippen molar-refractivity contribution < 1.29 is 25.1 Å². The Kier molecular flexibility index (Phi) is 13.2. The molecule has 0 aromatic rings. The number of carboxylic acids is 1. The van der Waals surface area contributed by atoms with Crippen LogP contribution in [0.3, 0.4) is 0 Å². The molecule has 0 saturated heterocycles. The molecule has 0 aliphatic rings. The Morgan fingerprint density at radius 2 is 1.79 bits per heavy atom. The van der Waals surface area contributed by atoms with Gasteiger partial charge in [0.05, 0.1) is 6.61 Å². The predicted molar refractivity (Wildman–Crippen MR) is 71.7 cm³/mol. The largest absolute Gasteiger partial charge is 0.480 e. The van der Waals surface area contributed by atoms with E-state index in [0.717, 1.165) is 12.8 Å². The van der Waals surface area contributed by atoms with E-state index in [1.54, 1.807) is 0 Å². The summed E-state index contributed by atoms with van der Waals surface area (Å²) in [6.45, 7) is 2.92. The van der Waals surface area contributed by atoms with Crippen LogP contribution in [0.5, 0.6) is 0 Å². The Balaban J connectivity index is 3.45. The molecule has 1 atom stereocenters. The zero-order valence-corrected chi connectivity index (χ0v) is 11.8. The molecule has 0 radical (unpaired) electrons. The lowest BCUT2D eigenvalue weighted by Gasteiger charge is -2.13. The van der Waals surface area contributed by atoms with Crippen LogP contribution in [0.2, 0.25) is 0 Å². The van der Waals surface area contributed by atoms with Gasteiger partial charge in [-0.2, -0.15) is 0 Å². The highest BCUT2D eigenvalue weighted by Gasteiger charge is 2.16. The van der Waals surface area contributed by atoms with E-state index in [1.165, 1.54) is 32.1 Å². The molecule has 0 aliphatic heterocycles. The molecule has 6 heteroatoms. The van der Waals surface area contributed by atoms with Crippen LogP contribution in [0.1, 0.15) is 58.3 Å². The van der Waals surface area contributed by atoms with Crippen molar-refractivity contribution in [2.45, 2.75) is 64.3 Å². The van der Waals surface area contributed by atoms with E-state index in [4.69, 9.17) is 10.4 Å². The van der Waals surface area contributed by atoms with Crippen LogP contribution in [0.15, 0.2) is 0 Å². The molecule has 0 bridgehead atoms. The smallest absolute Gasteiger partial charge is 0.320 e. The van der Waals surface area contributed by atoms with Crippen molar-refractivity contribution in [2.75, 3.05) is 13.2 Å². The standard InChI is InChI=1S/C13H27NO5/c1-2-3-4-5-6-7-8-10-14-12(13(15)16)9-11-18-19-17/h12,14,17H,2-11H2,1H3,(H,15,16). The van der Waals surface area contributed by atoms with Gasteiger partial charge in [0.25, 0.3) is 0 Å². The quantitative estimate of drug-likeness (QED) is 0.257. The summed E-state index contributed by atoms with van der Waals surface area (Å²) in [6.07, 6.45) is 8.67. The number of carbonyl (C=O) groups is 1. The van der Waals surface area contributed by atoms with Gasteiger partial charge < -0.3 is 10.4 Å². The summed E-state index contributed by atoms with van der Waals surface area (Å²) in [6, 6.07) is -0.657. The van der Waals surface area contributed by atoms with Crippen molar-refractivity contribution in [1.29, 1.82) is 0 Å². The van der Waals surface area contributed by atoms with Gasteiger partial charge in [0, 0.05) is 6.42 Å². The van der Waals surface area contributed by atoms with E-state index in [2.05, 4.69) is 22.2 Å². The minimum Gasteiger partial charge on any atom is -0.480 e. The first-order valence-corrected chi connectivity index (χ1v) is 7.11. The highest BCUT2D eigenvalue weighted by atomic mass is 17.5. The molecule has 0 heterocycles. The summed E-state index contributed by atoms with van der Waals surface area (Å²) in [5, 5.41) is 23.3. The lowest BCUT2D eigenvalue weighted by molar-refractivity contribution is -0.490. The van der Waals surface area contributed by atoms with Gasteiger partial charge in [-0.1, -0.05) is 50.5 Å². The number of hydrogen-bond acceptors (Lipinski definition) is 5. The molecular formula is C13H27NO5. The lowest BCUT2D eigenvalue weighted by atomic mass is 10.1. The van der Waals surface area contributed by atoms with Crippen molar-refractivity contribution in [3.05, 3.63) is 0 Å². The Hall–Kier alpha value is -0.690. The SMILES string of the molecule is CCCCCCCCCNC(CCOOO)C(=O)O. The Morgan fingerprint density at radius 3 is 2.37 bits per heavy atom. The van der Waals surface area contributed by atoms with E-state index >= 15 is 0 Å². The van der Waals surface area contributed by atoms with E-state index in [9.17, 15) is 4.79 Å². The number of hydrogen-bond donors (Lipinski definition) is 3. The van der Waals surface area contributed by atoms with Crippen LogP contribution in [0.4, 0.5) is 0 Å². The third-order valence-electron chi connectivity index (χ3n) is 3.01. The van der Waals surface area contributed by atoms with Crippen LogP contribution in [-0.2, 0) is 14.7 Å². The Bertz CT molecular complexity index is 213. The summed E-state index contributed by atoms with van der Waals surface area (Å²) in [5.41, 5.74) is 0. The summed E-state index contributed by atoms with van der Waals surface area (Å²) < 4.78 is 0. The molecule has 0 saturated carbocycles. The monoisotopic (exact) mass is 277 g/mol. The molecule has 6 nitrogen and oxygen atoms in total. The van der Waals surface area contributed by atoms with Gasteiger partial charge in [0.15, 0.2) is 0 Å². The lowest BCUT2D eigenvalue weighted by Crippen LogP contribution is -2.38. The van der Waals surface area contributed by atoms with Gasteiger partial charge in [-0.25, -0.2) is 10.1 Å². The first kappa shape index (κ1) is 18.3. The first-order chi connectivity index (χ1) is 9.22. The van der Waals surface area contributed by atoms with Crippen LogP contribution >= 0.6 is 0 Å². The summed E-state index contributed by atoms with van der Waals surface area (Å²) in [4.78, 5) is 15.2. The van der Waals surface area contributed by atoms with Crippen molar-refractivity contribution in [1.82, 2.24) is 5.32 Å². The highest BCUT2D eigenvalue weighted by molar-refractivity contribution is 5.73. The normalized spacial score (nSPS) is 12.5. The fraction of sp³-hybridized carbons (Fsp3) is 0.923. The third-order valence-corrected chi connectivity index (χ3v) is 3.01. The fourth-order valence-corrected chi connectivity index (χ4v) is 1.87. The van der Waals surface area contributed by atoms with Gasteiger partial charge in [-0.15, -0.1) is 0 Å². The average Bonchev–Trinajstić information content (AvgIpc) is 2.39. The number of nitrogens with one attached hydrogen (secondary N) is 1. The topological polar surface area (TPSA) is 88.0 Å². The summed E-state index contributed by atoms with van der Waals surface area (Å²) in [5.74, 6) is -0.913. The van der Waals surface area contributed by atoms with Gasteiger partial charge in [-0.3, -0.25) is 4.79 Å². The van der Waals surface area contributed by atoms with Crippen LogP contribution < -0.4 is 5.32 Å². The number of unbranched alkanes of at least 4 members (excludes halogenated alkanes) is 6. The van der Waals surface area contributed by atoms with Crippen LogP contribution in [-0.4, -0.2) is 35.5 Å². The maximum atomic E-state index is 10.9. The molecule has 0 fully saturated rings. The number of rotatable bonds is 14. The maximum absolute atomic E-state index is 10.9. The number of carboxylic acid groups (broad SMARTS) is 1. The zero-order valence-electron chi connectivity index (χ0n) is 11.8. The molecule has 0 aliphatic carbocycles. The van der Waals surface area contributed by atoms with E-state index in [1.807, 2.05) is 0 Å². The molecule has 0 amide bonds. The van der Waals surface area contributed by atoms with Gasteiger partial charge in [-0.05, 0) is 13.0 Å². The average molecular weight is 277 g/mol. The minimum absolute atomic E-state index is 0.0392. The molecule has 0 aromatic heterocycles. The highest BCUT2D eigenvalue weighted by Crippen LogP contribution is 2.06. The predicted octanol–water partition coefficient (Wildman–Crippen LogP) is 2.59. The summed E-state index contributed by atoms with van der Waals surface area (Å²) >= 11 is 0. The molecule has 114 valence electrons. The van der Waals surface area contributed by atoms with Crippen LogP contribution in [0.25, 0.3) is 0 Å².